The average Bonchev–Trinajstić information content (AvgIpc) is 2.12. The molecule has 0 aromatic rings. The summed E-state index contributed by atoms with van der Waals surface area (Å²) in [5.74, 6) is 0. The van der Waals surface area contributed by atoms with Crippen LogP contribution < -0.4 is 0 Å². The Balaban J connectivity index is 2.35. The van der Waals surface area contributed by atoms with E-state index in [2.05, 4.69) is 0 Å². The summed E-state index contributed by atoms with van der Waals surface area (Å²) in [6.07, 6.45) is 1.96. The number of nitrogens with zero attached hydrogens (tertiary/aromatic N) is 1. The summed E-state index contributed by atoms with van der Waals surface area (Å²) in [4.78, 5) is 0. The highest BCUT2D eigenvalue weighted by Crippen LogP contribution is 2.09. The Kier molecular flexibility index (Phi) is 1.96. The van der Waals surface area contributed by atoms with Gasteiger partial charge in [0, 0.05) is 13.1 Å². The second-order valence-electron chi connectivity index (χ2n) is 1.84. The van der Waals surface area contributed by atoms with Crippen LogP contribution in [0.4, 0.5) is 3.89 Å². The molecule has 1 unspecified atom stereocenters. The predicted molar refractivity (Wildman–Crippen MR) is 30.1 cm³/mol. The van der Waals surface area contributed by atoms with E-state index in [0.29, 0.717) is 13.1 Å². The highest BCUT2D eigenvalue weighted by atomic mass is 32.2. The van der Waals surface area contributed by atoms with Crippen molar-refractivity contribution in [2.24, 2.45) is 0 Å². The minimum atomic E-state index is -2.21. The quantitative estimate of drug-likeness (QED) is 0.485. The van der Waals surface area contributed by atoms with Crippen molar-refractivity contribution in [3.05, 3.63) is 0 Å². The zero-order valence-corrected chi connectivity index (χ0v) is 5.29. The lowest BCUT2D eigenvalue weighted by Gasteiger charge is -2.03. The van der Waals surface area contributed by atoms with Gasteiger partial charge in [0.25, 0.3) is 11.4 Å². The first-order valence-electron chi connectivity index (χ1n) is 2.64. The van der Waals surface area contributed by atoms with Gasteiger partial charge in [-0.25, -0.2) is 4.21 Å². The van der Waals surface area contributed by atoms with Crippen molar-refractivity contribution in [1.82, 2.24) is 4.31 Å². The van der Waals surface area contributed by atoms with Crippen LogP contribution in [0.3, 0.4) is 0 Å². The first-order valence-corrected chi connectivity index (χ1v) is 3.64. The lowest BCUT2D eigenvalue weighted by Crippen LogP contribution is -2.17. The van der Waals surface area contributed by atoms with Gasteiger partial charge in [-0.1, -0.05) is 0 Å². The molecule has 0 N–H and O–H groups in total. The van der Waals surface area contributed by atoms with Gasteiger partial charge in [0.15, 0.2) is 0 Å². The van der Waals surface area contributed by atoms with Gasteiger partial charge in [-0.15, -0.1) is 3.89 Å². The van der Waals surface area contributed by atoms with Crippen molar-refractivity contribution in [3.63, 3.8) is 0 Å². The lowest BCUT2D eigenvalue weighted by atomic mass is 10.4. The average molecular weight is 137 g/mol. The zero-order valence-electron chi connectivity index (χ0n) is 4.47. The molecule has 48 valence electrons. The summed E-state index contributed by atoms with van der Waals surface area (Å²) in [5.41, 5.74) is 0. The normalized spacial score (nSPS) is 26.1. The molecule has 0 amide bonds. The highest BCUT2D eigenvalue weighted by Gasteiger charge is 2.16. The van der Waals surface area contributed by atoms with Crippen LogP contribution in [-0.4, -0.2) is 21.6 Å². The molecule has 8 heavy (non-hydrogen) atoms. The SMILES string of the molecule is O=S(F)N1CCCC1. The Morgan fingerprint density at radius 2 is 1.88 bits per heavy atom. The fourth-order valence-corrected chi connectivity index (χ4v) is 1.38. The molecule has 0 aliphatic carbocycles. The van der Waals surface area contributed by atoms with Crippen LogP contribution in [0.15, 0.2) is 0 Å². The van der Waals surface area contributed by atoms with Gasteiger partial charge >= 0.3 is 0 Å². The molecule has 0 saturated carbocycles. The van der Waals surface area contributed by atoms with E-state index in [1.165, 1.54) is 4.31 Å². The van der Waals surface area contributed by atoms with E-state index >= 15 is 0 Å². The molecule has 1 aliphatic heterocycles. The van der Waals surface area contributed by atoms with E-state index in [4.69, 9.17) is 0 Å². The third kappa shape index (κ3) is 1.26. The fourth-order valence-electron chi connectivity index (χ4n) is 0.832. The Morgan fingerprint density at radius 1 is 1.38 bits per heavy atom. The van der Waals surface area contributed by atoms with Gasteiger partial charge in [0.2, 0.25) is 0 Å². The van der Waals surface area contributed by atoms with Crippen molar-refractivity contribution in [2.75, 3.05) is 13.1 Å². The summed E-state index contributed by atoms with van der Waals surface area (Å²) in [6.45, 7) is 1.31. The number of hydrogen-bond donors (Lipinski definition) is 0. The van der Waals surface area contributed by atoms with E-state index in [9.17, 15) is 8.09 Å². The van der Waals surface area contributed by atoms with Crippen LogP contribution in [0.2, 0.25) is 0 Å². The second kappa shape index (κ2) is 2.55. The molecule has 1 atom stereocenters. The molecule has 0 aromatic carbocycles. The van der Waals surface area contributed by atoms with E-state index in [1.54, 1.807) is 0 Å². The smallest absolute Gasteiger partial charge is 0.207 e. The zero-order chi connectivity index (χ0) is 5.98. The summed E-state index contributed by atoms with van der Waals surface area (Å²) >= 11 is -2.21. The summed E-state index contributed by atoms with van der Waals surface area (Å²) in [5, 5.41) is 0. The predicted octanol–water partition coefficient (Wildman–Crippen LogP) is 0.630. The maximum atomic E-state index is 11.8. The Morgan fingerprint density at radius 3 is 2.12 bits per heavy atom. The van der Waals surface area contributed by atoms with E-state index < -0.39 is 11.4 Å². The van der Waals surface area contributed by atoms with Gasteiger partial charge in [0.05, 0.1) is 0 Å². The van der Waals surface area contributed by atoms with Crippen molar-refractivity contribution in [1.29, 1.82) is 0 Å². The van der Waals surface area contributed by atoms with Gasteiger partial charge in [-0.05, 0) is 12.8 Å². The van der Waals surface area contributed by atoms with E-state index in [-0.39, 0.29) is 0 Å². The minimum absolute atomic E-state index is 0.656. The molecule has 1 rings (SSSR count). The Labute approximate surface area is 50.6 Å². The maximum Gasteiger partial charge on any atom is 0.277 e. The van der Waals surface area contributed by atoms with Gasteiger partial charge in [-0.3, -0.25) is 0 Å². The van der Waals surface area contributed by atoms with Crippen molar-refractivity contribution in [3.8, 4) is 0 Å². The molecule has 1 fully saturated rings. The van der Waals surface area contributed by atoms with Crippen LogP contribution in [0, 0.1) is 0 Å². The third-order valence-corrected chi connectivity index (χ3v) is 2.04. The third-order valence-electron chi connectivity index (χ3n) is 1.27. The molecule has 1 heterocycles. The van der Waals surface area contributed by atoms with E-state index in [0.717, 1.165) is 12.8 Å². The topological polar surface area (TPSA) is 20.3 Å². The highest BCUT2D eigenvalue weighted by molar-refractivity contribution is 7.77. The standard InChI is InChI=1S/C4H8FNOS/c5-8(7)6-3-1-2-4-6/h1-4H2. The molecule has 4 heteroatoms. The Bertz CT molecular complexity index is 102. The van der Waals surface area contributed by atoms with Crippen LogP contribution in [0.1, 0.15) is 12.8 Å². The number of hydrogen-bond acceptors (Lipinski definition) is 1. The van der Waals surface area contributed by atoms with Crippen LogP contribution in [0.25, 0.3) is 0 Å². The van der Waals surface area contributed by atoms with Crippen molar-refractivity contribution >= 4 is 11.4 Å². The first kappa shape index (κ1) is 6.16. The van der Waals surface area contributed by atoms with E-state index in [1.807, 2.05) is 0 Å². The largest absolute Gasteiger partial charge is 0.277 e. The summed E-state index contributed by atoms with van der Waals surface area (Å²) < 4.78 is 23.2. The molecule has 0 aromatic heterocycles. The van der Waals surface area contributed by atoms with Gasteiger partial charge in [0.1, 0.15) is 0 Å². The van der Waals surface area contributed by atoms with Crippen molar-refractivity contribution < 1.29 is 8.09 Å². The van der Waals surface area contributed by atoms with Crippen LogP contribution in [-0.2, 0) is 11.4 Å². The molecule has 0 spiro atoms. The first-order chi connectivity index (χ1) is 3.80. The Hall–Kier alpha value is 0.0400. The number of halogens is 1. The summed E-state index contributed by atoms with van der Waals surface area (Å²) in [6, 6.07) is 0. The number of rotatable bonds is 1. The maximum absolute atomic E-state index is 11.8. The summed E-state index contributed by atoms with van der Waals surface area (Å²) in [7, 11) is 0. The molecular formula is C4H8FNOS. The van der Waals surface area contributed by atoms with Gasteiger partial charge in [-0.2, -0.15) is 4.31 Å². The fraction of sp³-hybridized carbons (Fsp3) is 1.00. The lowest BCUT2D eigenvalue weighted by molar-refractivity contribution is 0.503. The molecule has 1 aliphatic rings. The monoisotopic (exact) mass is 137 g/mol. The van der Waals surface area contributed by atoms with Crippen molar-refractivity contribution in [2.45, 2.75) is 12.8 Å². The van der Waals surface area contributed by atoms with Gasteiger partial charge < -0.3 is 0 Å². The molecular weight excluding hydrogens is 129 g/mol. The molecule has 0 bridgehead atoms. The van der Waals surface area contributed by atoms with Crippen LogP contribution >= 0.6 is 0 Å². The molecule has 2 nitrogen and oxygen atoms in total. The molecule has 0 radical (unpaired) electrons. The van der Waals surface area contributed by atoms with Crippen LogP contribution in [0.5, 0.6) is 0 Å². The minimum Gasteiger partial charge on any atom is -0.207 e. The second-order valence-corrected chi connectivity index (χ2v) is 2.77. The molecule has 1 saturated heterocycles.